The van der Waals surface area contributed by atoms with Gasteiger partial charge in [0.2, 0.25) is 0 Å². The summed E-state index contributed by atoms with van der Waals surface area (Å²) in [6, 6.07) is 0. The summed E-state index contributed by atoms with van der Waals surface area (Å²) in [7, 11) is -4.61. The molecule has 0 aromatic rings. The van der Waals surface area contributed by atoms with E-state index in [0.29, 0.717) is 6.42 Å². The largest absolute Gasteiger partial charge is 0.394 e. The molecule has 1 fully saturated rings. The molecule has 1 heterocycles. The smallest absolute Gasteiger partial charge is 0.379 e. The normalized spacial score (nSPS) is 32.1. The molecule has 0 aliphatic carbocycles. The summed E-state index contributed by atoms with van der Waals surface area (Å²) in [5.74, 6) is 0.879. The van der Waals surface area contributed by atoms with Crippen LogP contribution in [0.3, 0.4) is 0 Å². The highest BCUT2D eigenvalue weighted by atomic mass is 32.2. The van der Waals surface area contributed by atoms with Crippen molar-refractivity contribution in [3.05, 3.63) is 0 Å². The third-order valence-electron chi connectivity index (χ3n) is 3.31. The second-order valence-electron chi connectivity index (χ2n) is 5.20. The summed E-state index contributed by atoms with van der Waals surface area (Å²) in [5, 5.41) is 38.6. The van der Waals surface area contributed by atoms with Crippen molar-refractivity contribution in [2.75, 3.05) is 18.6 Å². The van der Waals surface area contributed by atoms with E-state index in [-0.39, 0.29) is 11.5 Å². The summed E-state index contributed by atoms with van der Waals surface area (Å²) in [6.45, 7) is -0.583. The molecular formula is C12H23NO8S3. The molecule has 0 amide bonds. The molecule has 0 saturated carbocycles. The summed E-state index contributed by atoms with van der Waals surface area (Å²) >= 11 is 2.37. The zero-order valence-electron chi connectivity index (χ0n) is 13.1. The van der Waals surface area contributed by atoms with Crippen molar-refractivity contribution in [2.24, 2.45) is 4.40 Å². The Morgan fingerprint density at radius 2 is 1.83 bits per heavy atom. The number of rotatable bonds is 8. The molecule has 1 aliphatic rings. The highest BCUT2D eigenvalue weighted by Gasteiger charge is 2.44. The molecular weight excluding hydrogens is 382 g/mol. The van der Waals surface area contributed by atoms with Crippen molar-refractivity contribution < 1.29 is 38.1 Å². The van der Waals surface area contributed by atoms with Crippen molar-refractivity contribution in [1.82, 2.24) is 0 Å². The number of unbranched alkanes of at least 4 members (excludes halogenated alkanes) is 1. The lowest BCUT2D eigenvalue weighted by atomic mass is 10.0. The number of hydrogen-bond acceptors (Lipinski definition) is 9. The first kappa shape index (κ1) is 22.1. The molecule has 0 radical (unpaired) electrons. The Balaban J connectivity index is 2.82. The second kappa shape index (κ2) is 10.3. The van der Waals surface area contributed by atoms with Gasteiger partial charge in [0.05, 0.1) is 11.7 Å². The highest BCUT2D eigenvalue weighted by molar-refractivity contribution is 8.14. The molecule has 5 atom stereocenters. The zero-order chi connectivity index (χ0) is 18.3. The van der Waals surface area contributed by atoms with Crippen molar-refractivity contribution in [1.29, 1.82) is 0 Å². The minimum atomic E-state index is -4.61. The van der Waals surface area contributed by atoms with Gasteiger partial charge in [-0.3, -0.25) is 4.55 Å². The fourth-order valence-corrected chi connectivity index (χ4v) is 4.40. The summed E-state index contributed by atoms with van der Waals surface area (Å²) in [4.78, 5) is 0. The van der Waals surface area contributed by atoms with Gasteiger partial charge in [-0.15, -0.1) is 4.40 Å². The molecule has 5 N–H and O–H groups in total. The first-order valence-electron chi connectivity index (χ1n) is 7.22. The summed E-state index contributed by atoms with van der Waals surface area (Å²) < 4.78 is 39.5. The molecule has 142 valence electrons. The van der Waals surface area contributed by atoms with Gasteiger partial charge in [0, 0.05) is 0 Å². The Labute approximate surface area is 149 Å². The van der Waals surface area contributed by atoms with Crippen LogP contribution in [0.2, 0.25) is 0 Å². The van der Waals surface area contributed by atoms with Gasteiger partial charge in [0.1, 0.15) is 29.9 Å². The van der Waals surface area contributed by atoms with Crippen LogP contribution < -0.4 is 0 Å². The van der Waals surface area contributed by atoms with Gasteiger partial charge >= 0.3 is 10.3 Å². The van der Waals surface area contributed by atoms with Gasteiger partial charge in [-0.2, -0.15) is 20.2 Å². The first-order chi connectivity index (χ1) is 11.2. The van der Waals surface area contributed by atoms with Crippen LogP contribution in [-0.2, 0) is 15.0 Å². The molecule has 0 spiro atoms. The summed E-state index contributed by atoms with van der Waals surface area (Å²) in [6.07, 6.45) is -2.06. The maximum Gasteiger partial charge on any atom is 0.379 e. The molecule has 12 heteroatoms. The Morgan fingerprint density at radius 1 is 1.17 bits per heavy atom. The lowest BCUT2D eigenvalue weighted by Crippen LogP contribution is -2.57. The number of aliphatic hydroxyl groups is 4. The van der Waals surface area contributed by atoms with Crippen LogP contribution in [0.15, 0.2) is 4.40 Å². The minimum absolute atomic E-state index is 0.0166. The van der Waals surface area contributed by atoms with E-state index in [1.165, 1.54) is 0 Å². The zero-order valence-corrected chi connectivity index (χ0v) is 15.5. The second-order valence-corrected chi connectivity index (χ2v) is 8.43. The van der Waals surface area contributed by atoms with Crippen LogP contribution >= 0.6 is 23.5 Å². The van der Waals surface area contributed by atoms with E-state index in [1.54, 1.807) is 11.8 Å². The van der Waals surface area contributed by atoms with Crippen LogP contribution in [0.1, 0.15) is 19.3 Å². The van der Waals surface area contributed by atoms with Crippen LogP contribution in [0.25, 0.3) is 0 Å². The fraction of sp³-hybridized carbons (Fsp3) is 0.917. The van der Waals surface area contributed by atoms with Crippen LogP contribution in [0, 0.1) is 0 Å². The van der Waals surface area contributed by atoms with E-state index in [2.05, 4.69) is 4.40 Å². The number of nitrogens with zero attached hydrogens (tertiary/aromatic N) is 1. The van der Waals surface area contributed by atoms with E-state index in [1.807, 2.05) is 6.26 Å². The maximum absolute atomic E-state index is 11.0. The standard InChI is InChI=1S/C12H23NO8S3/c1-22-5-3-2-4-8(13-24(18,19)20)23-12-11(17)10(16)9(15)7(6-14)21-12/h7,9-12,14-17H,2-6H2,1H3,(H,18,19,20). The highest BCUT2D eigenvalue weighted by Crippen LogP contribution is 2.30. The quantitative estimate of drug-likeness (QED) is 0.151. The average molecular weight is 406 g/mol. The van der Waals surface area contributed by atoms with Crippen molar-refractivity contribution in [2.45, 2.75) is 49.1 Å². The predicted molar refractivity (Wildman–Crippen MR) is 92.6 cm³/mol. The average Bonchev–Trinajstić information content (AvgIpc) is 2.50. The van der Waals surface area contributed by atoms with Gasteiger partial charge in [0.25, 0.3) is 0 Å². The Hall–Kier alpha value is 0.0800. The molecule has 1 saturated heterocycles. The van der Waals surface area contributed by atoms with E-state index in [4.69, 9.17) is 14.4 Å². The van der Waals surface area contributed by atoms with Crippen molar-refractivity contribution in [3.63, 3.8) is 0 Å². The third-order valence-corrected chi connectivity index (χ3v) is 5.76. The minimum Gasteiger partial charge on any atom is -0.394 e. The number of thioether (sulfide) groups is 2. The molecule has 0 bridgehead atoms. The van der Waals surface area contributed by atoms with Gasteiger partial charge in [0.15, 0.2) is 0 Å². The predicted octanol–water partition coefficient (Wildman–Crippen LogP) is -0.746. The lowest BCUT2D eigenvalue weighted by molar-refractivity contribution is -0.205. The van der Waals surface area contributed by atoms with E-state index >= 15 is 0 Å². The third kappa shape index (κ3) is 7.14. The van der Waals surface area contributed by atoms with Crippen molar-refractivity contribution in [3.8, 4) is 0 Å². The molecule has 1 rings (SSSR count). The van der Waals surface area contributed by atoms with Crippen LogP contribution in [0.4, 0.5) is 0 Å². The topological polar surface area (TPSA) is 157 Å². The van der Waals surface area contributed by atoms with E-state index < -0.39 is 46.8 Å². The van der Waals surface area contributed by atoms with Gasteiger partial charge in [-0.1, -0.05) is 11.8 Å². The Bertz CT molecular complexity index is 512. The molecule has 5 unspecified atom stereocenters. The van der Waals surface area contributed by atoms with Crippen LogP contribution in [-0.4, -0.2) is 86.9 Å². The fourth-order valence-electron chi connectivity index (χ4n) is 2.08. The molecule has 1 aliphatic heterocycles. The van der Waals surface area contributed by atoms with Gasteiger partial charge in [-0.05, 0) is 31.3 Å². The SMILES string of the molecule is CSCCCCC(=NS(=O)(=O)O)SC1OC(CO)C(O)C(O)C1O. The lowest BCUT2D eigenvalue weighted by Gasteiger charge is -2.39. The van der Waals surface area contributed by atoms with E-state index in [0.717, 1.165) is 23.9 Å². The maximum atomic E-state index is 11.0. The summed E-state index contributed by atoms with van der Waals surface area (Å²) in [5.41, 5.74) is -1.14. The number of hydrogen-bond donors (Lipinski definition) is 5. The monoisotopic (exact) mass is 405 g/mol. The molecule has 24 heavy (non-hydrogen) atoms. The van der Waals surface area contributed by atoms with Gasteiger partial charge in [-0.25, -0.2) is 0 Å². The number of aliphatic hydroxyl groups excluding tert-OH is 4. The molecule has 0 aromatic carbocycles. The van der Waals surface area contributed by atoms with Crippen molar-refractivity contribution >= 4 is 38.9 Å². The first-order valence-corrected chi connectivity index (χ1v) is 10.9. The Morgan fingerprint density at radius 3 is 2.38 bits per heavy atom. The van der Waals surface area contributed by atoms with Crippen LogP contribution in [0.5, 0.6) is 0 Å². The number of ether oxygens (including phenoxy) is 1. The van der Waals surface area contributed by atoms with Gasteiger partial charge < -0.3 is 25.2 Å². The van der Waals surface area contributed by atoms with E-state index in [9.17, 15) is 23.7 Å². The molecule has 9 nitrogen and oxygen atoms in total. The Kier molecular flexibility index (Phi) is 9.48. The molecule has 0 aromatic heterocycles.